The minimum Gasteiger partial charge on any atom is -0.465 e. The van der Waals surface area contributed by atoms with Gasteiger partial charge in [0.1, 0.15) is 0 Å². The van der Waals surface area contributed by atoms with Gasteiger partial charge in [0.2, 0.25) is 0 Å². The van der Waals surface area contributed by atoms with Crippen LogP contribution in [0.1, 0.15) is 12.5 Å². The van der Waals surface area contributed by atoms with Gasteiger partial charge in [-0.1, -0.05) is 0 Å². The first kappa shape index (κ1) is 14.5. The quantitative estimate of drug-likeness (QED) is 0.784. The number of amides is 1. The molecule has 0 bridgehead atoms. The lowest BCUT2D eigenvalue weighted by molar-refractivity contribution is 0.202. The third-order valence-electron chi connectivity index (χ3n) is 4.45. The van der Waals surface area contributed by atoms with Gasteiger partial charge in [-0.25, -0.2) is 19.1 Å². The Balaban J connectivity index is 1.93. The second-order valence-corrected chi connectivity index (χ2v) is 5.71. The SMILES string of the molecule is CCn1c(=O)n(-c2ccc3c(c2)CCN3C(=O)O)c2ncccc21. The van der Waals surface area contributed by atoms with E-state index in [1.165, 1.54) is 4.90 Å². The molecule has 0 atom stereocenters. The first-order chi connectivity index (χ1) is 11.6. The molecule has 0 spiro atoms. The molecule has 3 heterocycles. The van der Waals surface area contributed by atoms with Crippen molar-refractivity contribution in [2.45, 2.75) is 19.9 Å². The van der Waals surface area contributed by atoms with Gasteiger partial charge in [-0.15, -0.1) is 0 Å². The van der Waals surface area contributed by atoms with Crippen LogP contribution in [0.2, 0.25) is 0 Å². The van der Waals surface area contributed by atoms with Crippen LogP contribution in [-0.2, 0) is 13.0 Å². The van der Waals surface area contributed by atoms with E-state index in [-0.39, 0.29) is 5.69 Å². The summed E-state index contributed by atoms with van der Waals surface area (Å²) in [5.41, 5.74) is 3.58. The standard InChI is InChI=1S/C17H16N4O3/c1-2-19-14-4-3-8-18-15(14)21(16(19)22)12-5-6-13-11(10-12)7-9-20(13)17(23)24/h3-6,8,10H,2,7,9H2,1H3,(H,23,24). The first-order valence-electron chi connectivity index (χ1n) is 7.82. The van der Waals surface area contributed by atoms with Crippen LogP contribution in [-0.4, -0.2) is 31.9 Å². The van der Waals surface area contributed by atoms with Crippen LogP contribution < -0.4 is 10.6 Å². The lowest BCUT2D eigenvalue weighted by Gasteiger charge is -2.13. The molecule has 122 valence electrons. The summed E-state index contributed by atoms with van der Waals surface area (Å²) in [6, 6.07) is 9.11. The number of imidazole rings is 1. The van der Waals surface area contributed by atoms with Gasteiger partial charge in [0.15, 0.2) is 5.65 Å². The molecule has 0 saturated carbocycles. The number of carbonyl (C=O) groups is 1. The Bertz CT molecular complexity index is 1020. The predicted molar refractivity (Wildman–Crippen MR) is 90.1 cm³/mol. The number of anilines is 1. The summed E-state index contributed by atoms with van der Waals surface area (Å²) in [7, 11) is 0. The van der Waals surface area contributed by atoms with Crippen LogP contribution in [0.25, 0.3) is 16.9 Å². The fraction of sp³-hybridized carbons (Fsp3) is 0.235. The number of hydrogen-bond donors (Lipinski definition) is 1. The molecule has 0 saturated heterocycles. The minimum atomic E-state index is -0.956. The molecule has 1 aliphatic heterocycles. The first-order valence-corrected chi connectivity index (χ1v) is 7.82. The van der Waals surface area contributed by atoms with Gasteiger partial charge in [-0.05, 0) is 49.2 Å². The van der Waals surface area contributed by atoms with Crippen LogP contribution in [0, 0.1) is 0 Å². The third kappa shape index (κ3) is 1.94. The molecule has 1 aromatic carbocycles. The smallest absolute Gasteiger partial charge is 0.411 e. The van der Waals surface area contributed by atoms with E-state index in [4.69, 9.17) is 0 Å². The van der Waals surface area contributed by atoms with Crippen molar-refractivity contribution < 1.29 is 9.90 Å². The lowest BCUT2D eigenvalue weighted by Crippen LogP contribution is -2.26. The molecule has 4 rings (SSSR count). The maximum Gasteiger partial charge on any atom is 0.411 e. The van der Waals surface area contributed by atoms with Crippen LogP contribution in [0.4, 0.5) is 10.5 Å². The molecule has 24 heavy (non-hydrogen) atoms. The summed E-state index contributed by atoms with van der Waals surface area (Å²) in [6.07, 6.45) is 1.35. The van der Waals surface area contributed by atoms with Crippen molar-refractivity contribution in [3.63, 3.8) is 0 Å². The number of rotatable bonds is 2. The monoisotopic (exact) mass is 324 g/mol. The number of nitrogens with zero attached hydrogens (tertiary/aromatic N) is 4. The Kier molecular flexibility index (Phi) is 3.16. The fourth-order valence-corrected chi connectivity index (χ4v) is 3.35. The number of fused-ring (bicyclic) bond motifs is 2. The summed E-state index contributed by atoms with van der Waals surface area (Å²) in [5, 5.41) is 9.22. The molecule has 0 aliphatic carbocycles. The average molecular weight is 324 g/mol. The molecule has 0 radical (unpaired) electrons. The zero-order chi connectivity index (χ0) is 16.8. The van der Waals surface area contributed by atoms with E-state index in [9.17, 15) is 14.7 Å². The van der Waals surface area contributed by atoms with Crippen molar-refractivity contribution in [2.75, 3.05) is 11.4 Å². The molecule has 7 heteroatoms. The number of aromatic nitrogens is 3. The van der Waals surface area contributed by atoms with E-state index in [0.29, 0.717) is 36.5 Å². The molecule has 1 amide bonds. The van der Waals surface area contributed by atoms with Crippen molar-refractivity contribution in [3.05, 3.63) is 52.6 Å². The van der Waals surface area contributed by atoms with E-state index in [2.05, 4.69) is 4.98 Å². The van der Waals surface area contributed by atoms with Crippen molar-refractivity contribution in [3.8, 4) is 5.69 Å². The van der Waals surface area contributed by atoms with Gasteiger partial charge in [0, 0.05) is 19.3 Å². The van der Waals surface area contributed by atoms with E-state index in [1.54, 1.807) is 27.5 Å². The zero-order valence-electron chi connectivity index (χ0n) is 13.1. The minimum absolute atomic E-state index is 0.140. The largest absolute Gasteiger partial charge is 0.465 e. The Morgan fingerprint density at radius 2 is 2.17 bits per heavy atom. The van der Waals surface area contributed by atoms with Crippen LogP contribution >= 0.6 is 0 Å². The fourth-order valence-electron chi connectivity index (χ4n) is 3.35. The highest BCUT2D eigenvalue weighted by Gasteiger charge is 2.25. The molecule has 0 unspecified atom stereocenters. The van der Waals surface area contributed by atoms with Crippen LogP contribution in [0.3, 0.4) is 0 Å². The van der Waals surface area contributed by atoms with Crippen molar-refractivity contribution >= 4 is 22.9 Å². The highest BCUT2D eigenvalue weighted by molar-refractivity contribution is 5.89. The number of aryl methyl sites for hydroxylation is 1. The number of carboxylic acid groups (broad SMARTS) is 1. The van der Waals surface area contributed by atoms with Crippen molar-refractivity contribution in [1.29, 1.82) is 0 Å². The number of benzene rings is 1. The Morgan fingerprint density at radius 3 is 2.92 bits per heavy atom. The molecular formula is C17H16N4O3. The lowest BCUT2D eigenvalue weighted by atomic mass is 10.1. The summed E-state index contributed by atoms with van der Waals surface area (Å²) < 4.78 is 3.27. The Morgan fingerprint density at radius 1 is 1.33 bits per heavy atom. The van der Waals surface area contributed by atoms with Gasteiger partial charge in [0.25, 0.3) is 0 Å². The highest BCUT2D eigenvalue weighted by atomic mass is 16.4. The van der Waals surface area contributed by atoms with Crippen LogP contribution in [0.5, 0.6) is 0 Å². The Hall–Kier alpha value is -3.09. The van der Waals surface area contributed by atoms with E-state index in [1.807, 2.05) is 25.1 Å². The highest BCUT2D eigenvalue weighted by Crippen LogP contribution is 2.30. The van der Waals surface area contributed by atoms with Gasteiger partial charge in [-0.3, -0.25) is 9.47 Å². The maximum atomic E-state index is 12.8. The molecule has 2 aromatic heterocycles. The molecule has 7 nitrogen and oxygen atoms in total. The summed E-state index contributed by atoms with van der Waals surface area (Å²) in [5.74, 6) is 0. The summed E-state index contributed by atoms with van der Waals surface area (Å²) in [6.45, 7) is 2.93. The van der Waals surface area contributed by atoms with E-state index < -0.39 is 6.09 Å². The van der Waals surface area contributed by atoms with Crippen molar-refractivity contribution in [2.24, 2.45) is 0 Å². The van der Waals surface area contributed by atoms with E-state index in [0.717, 1.165) is 11.1 Å². The van der Waals surface area contributed by atoms with Gasteiger partial charge >= 0.3 is 11.8 Å². The number of pyridine rings is 1. The maximum absolute atomic E-state index is 12.8. The molecule has 0 fully saturated rings. The van der Waals surface area contributed by atoms with Gasteiger partial charge in [-0.2, -0.15) is 0 Å². The predicted octanol–water partition coefficient (Wildman–Crippen LogP) is 2.25. The van der Waals surface area contributed by atoms with Crippen molar-refractivity contribution in [1.82, 2.24) is 14.1 Å². The molecule has 1 N–H and O–H groups in total. The third-order valence-corrected chi connectivity index (χ3v) is 4.45. The summed E-state index contributed by atoms with van der Waals surface area (Å²) >= 11 is 0. The second kappa shape index (κ2) is 5.23. The van der Waals surface area contributed by atoms with Crippen LogP contribution in [0.15, 0.2) is 41.3 Å². The normalized spacial score (nSPS) is 13.5. The zero-order valence-corrected chi connectivity index (χ0v) is 13.1. The second-order valence-electron chi connectivity index (χ2n) is 5.71. The Labute approximate surface area is 137 Å². The van der Waals surface area contributed by atoms with Gasteiger partial charge in [0.05, 0.1) is 16.9 Å². The number of hydrogen-bond acceptors (Lipinski definition) is 3. The average Bonchev–Trinajstić information content (AvgIpc) is 3.12. The summed E-state index contributed by atoms with van der Waals surface area (Å²) in [4.78, 5) is 29.7. The molecule has 3 aromatic rings. The van der Waals surface area contributed by atoms with E-state index >= 15 is 0 Å². The molecular weight excluding hydrogens is 308 g/mol. The topological polar surface area (TPSA) is 80.4 Å². The van der Waals surface area contributed by atoms with Gasteiger partial charge < -0.3 is 5.11 Å². The molecule has 1 aliphatic rings.